The molecule has 0 aliphatic carbocycles. The second-order valence-corrected chi connectivity index (χ2v) is 7.04. The molecule has 3 rings (SSSR count). The van der Waals surface area contributed by atoms with Gasteiger partial charge >= 0.3 is 5.69 Å². The van der Waals surface area contributed by atoms with Crippen LogP contribution in [0.25, 0.3) is 0 Å². The molecule has 2 aromatic carbocycles. The van der Waals surface area contributed by atoms with Crippen molar-refractivity contribution in [3.63, 3.8) is 0 Å². The van der Waals surface area contributed by atoms with E-state index < -0.39 is 5.69 Å². The van der Waals surface area contributed by atoms with Crippen LogP contribution in [-0.4, -0.2) is 58.8 Å². The molecule has 0 aliphatic rings. The molecule has 0 bridgehead atoms. The first-order valence-electron chi connectivity index (χ1n) is 10.6. The largest absolute Gasteiger partial charge is 0.508 e. The molecule has 33 heavy (non-hydrogen) atoms. The Labute approximate surface area is 191 Å². The fourth-order valence-corrected chi connectivity index (χ4v) is 2.86. The first kappa shape index (κ1) is 23.9. The molecule has 0 saturated carbocycles. The lowest BCUT2D eigenvalue weighted by atomic mass is 10.1. The molecule has 0 atom stereocenters. The van der Waals surface area contributed by atoms with Gasteiger partial charge in [0.05, 0.1) is 19.8 Å². The third-order valence-electron chi connectivity index (χ3n) is 4.47. The summed E-state index contributed by atoms with van der Waals surface area (Å²) in [4.78, 5) is 34.2. The number of ketones is 1. The van der Waals surface area contributed by atoms with Gasteiger partial charge in [-0.05, 0) is 30.7 Å². The maximum Gasteiger partial charge on any atom is 0.351 e. The Kier molecular flexibility index (Phi) is 9.37. The molecule has 1 heterocycles. The van der Waals surface area contributed by atoms with E-state index in [0.717, 1.165) is 5.56 Å². The van der Waals surface area contributed by atoms with Gasteiger partial charge < -0.3 is 25.2 Å². The van der Waals surface area contributed by atoms with E-state index >= 15 is 0 Å². The normalized spacial score (nSPS) is 10.7. The molecule has 1 aromatic heterocycles. The minimum absolute atomic E-state index is 0.116. The van der Waals surface area contributed by atoms with Gasteiger partial charge in [-0.3, -0.25) is 9.78 Å². The molecule has 0 amide bonds. The number of benzene rings is 2. The van der Waals surface area contributed by atoms with Crippen LogP contribution in [0.3, 0.4) is 0 Å². The van der Waals surface area contributed by atoms with Crippen LogP contribution in [0, 0.1) is 0 Å². The number of nitrogens with one attached hydrogen (secondary N) is 3. The van der Waals surface area contributed by atoms with Crippen LogP contribution < -0.4 is 16.3 Å². The number of aromatic nitrogens is 3. The van der Waals surface area contributed by atoms with Gasteiger partial charge in [-0.1, -0.05) is 30.3 Å². The molecule has 174 valence electrons. The van der Waals surface area contributed by atoms with E-state index in [0.29, 0.717) is 51.5 Å². The zero-order valence-corrected chi connectivity index (χ0v) is 18.1. The fourth-order valence-electron chi connectivity index (χ4n) is 2.86. The average Bonchev–Trinajstić information content (AvgIpc) is 2.82. The highest BCUT2D eigenvalue weighted by atomic mass is 16.5. The van der Waals surface area contributed by atoms with Gasteiger partial charge in [0.15, 0.2) is 5.78 Å². The molecule has 3 aromatic rings. The molecular weight excluding hydrogens is 426 g/mol. The van der Waals surface area contributed by atoms with Crippen molar-refractivity contribution in [1.82, 2.24) is 15.0 Å². The lowest BCUT2D eigenvalue weighted by Gasteiger charge is -2.09. The number of carbonyl (C=O) groups is 1. The highest BCUT2D eigenvalue weighted by Gasteiger charge is 2.05. The van der Waals surface area contributed by atoms with Crippen molar-refractivity contribution in [3.8, 4) is 5.75 Å². The number of aromatic hydroxyl groups is 1. The summed E-state index contributed by atoms with van der Waals surface area (Å²) in [5.41, 5.74) is 0.829. The number of carbonyl (C=O) groups excluding carboxylic acids is 1. The van der Waals surface area contributed by atoms with Crippen molar-refractivity contribution in [2.75, 3.05) is 43.6 Å². The third-order valence-corrected chi connectivity index (χ3v) is 4.47. The van der Waals surface area contributed by atoms with Crippen molar-refractivity contribution in [2.24, 2.45) is 0 Å². The number of phenolic OH excluding ortho intramolecular Hbond substituents is 1. The maximum absolute atomic E-state index is 12.0. The van der Waals surface area contributed by atoms with Crippen molar-refractivity contribution in [2.45, 2.75) is 12.8 Å². The minimum atomic E-state index is -0.547. The van der Waals surface area contributed by atoms with Crippen LogP contribution >= 0.6 is 0 Å². The number of Topliss-reactive ketones (excluding diaryl/α,β-unsaturated/α-hetero) is 1. The first-order chi connectivity index (χ1) is 16.1. The number of anilines is 3. The monoisotopic (exact) mass is 453 g/mol. The van der Waals surface area contributed by atoms with Gasteiger partial charge in [-0.15, -0.1) is 0 Å². The smallest absolute Gasteiger partial charge is 0.351 e. The molecule has 0 radical (unpaired) electrons. The van der Waals surface area contributed by atoms with E-state index in [1.165, 1.54) is 12.1 Å². The van der Waals surface area contributed by atoms with Gasteiger partial charge in [0.2, 0.25) is 11.9 Å². The molecule has 4 N–H and O–H groups in total. The maximum atomic E-state index is 12.0. The van der Waals surface area contributed by atoms with E-state index in [1.54, 1.807) is 12.1 Å². The van der Waals surface area contributed by atoms with Crippen molar-refractivity contribution in [1.29, 1.82) is 0 Å². The third kappa shape index (κ3) is 8.71. The predicted octanol–water partition coefficient (Wildman–Crippen LogP) is 2.72. The van der Waals surface area contributed by atoms with Crippen molar-refractivity contribution >= 4 is 23.4 Å². The first-order valence-corrected chi connectivity index (χ1v) is 10.6. The summed E-state index contributed by atoms with van der Waals surface area (Å²) < 4.78 is 11.0. The molecule has 0 saturated heterocycles. The molecule has 0 unspecified atom stereocenters. The van der Waals surface area contributed by atoms with E-state index in [-0.39, 0.29) is 23.4 Å². The van der Waals surface area contributed by atoms with Crippen molar-refractivity contribution < 1.29 is 19.4 Å². The molecule has 10 nitrogen and oxygen atoms in total. The lowest BCUT2D eigenvalue weighted by molar-refractivity contribution is 0.0497. The Bertz CT molecular complexity index is 1060. The Balaban J connectivity index is 1.26. The number of hydrogen-bond acceptors (Lipinski definition) is 9. The summed E-state index contributed by atoms with van der Waals surface area (Å²) >= 11 is 0. The number of rotatable bonds is 14. The fraction of sp³-hybridized carbons (Fsp3) is 0.304. The van der Waals surface area contributed by atoms with Gasteiger partial charge in [0.1, 0.15) is 5.75 Å². The minimum Gasteiger partial charge on any atom is -0.508 e. The van der Waals surface area contributed by atoms with Gasteiger partial charge in [0, 0.05) is 30.8 Å². The zero-order valence-electron chi connectivity index (χ0n) is 18.1. The second kappa shape index (κ2) is 12.9. The van der Waals surface area contributed by atoms with Crippen LogP contribution in [0.2, 0.25) is 0 Å². The molecule has 0 spiro atoms. The summed E-state index contributed by atoms with van der Waals surface area (Å²) in [6.07, 6.45) is 1.12. The number of phenols is 1. The predicted molar refractivity (Wildman–Crippen MR) is 124 cm³/mol. The molecule has 0 aliphatic heterocycles. The zero-order chi connectivity index (χ0) is 23.3. The van der Waals surface area contributed by atoms with E-state index in [1.807, 2.05) is 30.3 Å². The number of H-pyrrole nitrogens is 1. The van der Waals surface area contributed by atoms with Crippen LogP contribution in [0.5, 0.6) is 5.75 Å². The van der Waals surface area contributed by atoms with Gasteiger partial charge in [-0.2, -0.15) is 9.97 Å². The Hall–Kier alpha value is -3.76. The molecule has 0 fully saturated rings. The molecule has 10 heteroatoms. The van der Waals surface area contributed by atoms with Crippen LogP contribution in [0.4, 0.5) is 17.6 Å². The number of nitrogens with zero attached hydrogens (tertiary/aromatic N) is 2. The van der Waals surface area contributed by atoms with Crippen LogP contribution in [-0.2, 0) is 9.47 Å². The summed E-state index contributed by atoms with van der Waals surface area (Å²) in [6, 6.07) is 15.6. The van der Waals surface area contributed by atoms with E-state index in [9.17, 15) is 14.7 Å². The lowest BCUT2D eigenvalue weighted by Crippen LogP contribution is -2.20. The summed E-state index contributed by atoms with van der Waals surface area (Å²) in [5.74, 6) is 0.652. The standard InChI is InChI=1S/C23H27N5O5/c29-19-10-8-18(9-11-19)25-22-26-21(27-23(31)28-22)24-12-14-33-16-15-32-13-4-7-20(30)17-5-2-1-3-6-17/h1-3,5-6,8-11,29H,4,7,12-16H2,(H3,24,25,26,27,28,31). The highest BCUT2D eigenvalue weighted by molar-refractivity contribution is 5.95. The SMILES string of the molecule is O=C(CCCOCCOCCNc1nc(Nc2ccc(O)cc2)[nH]c(=O)n1)c1ccccc1. The van der Waals surface area contributed by atoms with Gasteiger partial charge in [-0.25, -0.2) is 4.79 Å². The van der Waals surface area contributed by atoms with E-state index in [2.05, 4.69) is 25.6 Å². The Morgan fingerprint density at radius 1 is 0.939 bits per heavy atom. The average molecular weight is 453 g/mol. The van der Waals surface area contributed by atoms with E-state index in [4.69, 9.17) is 9.47 Å². The van der Waals surface area contributed by atoms with Crippen LogP contribution in [0.15, 0.2) is 59.4 Å². The van der Waals surface area contributed by atoms with Gasteiger partial charge in [0.25, 0.3) is 0 Å². The Morgan fingerprint density at radius 3 is 2.42 bits per heavy atom. The summed E-state index contributed by atoms with van der Waals surface area (Å²) in [5, 5.41) is 15.2. The molecular formula is C23H27N5O5. The number of hydrogen-bond donors (Lipinski definition) is 4. The van der Waals surface area contributed by atoms with Crippen molar-refractivity contribution in [3.05, 3.63) is 70.6 Å². The highest BCUT2D eigenvalue weighted by Crippen LogP contribution is 2.16. The quantitative estimate of drug-likeness (QED) is 0.165. The number of ether oxygens (including phenoxy) is 2. The second-order valence-electron chi connectivity index (χ2n) is 7.04. The summed E-state index contributed by atoms with van der Waals surface area (Å²) in [6.45, 7) is 2.14. The summed E-state index contributed by atoms with van der Waals surface area (Å²) in [7, 11) is 0. The van der Waals surface area contributed by atoms with Crippen LogP contribution in [0.1, 0.15) is 23.2 Å². The number of aromatic amines is 1. The Morgan fingerprint density at radius 2 is 1.67 bits per heavy atom. The topological polar surface area (TPSA) is 138 Å².